The molecule has 2 aromatic carbocycles. The van der Waals surface area contributed by atoms with Crippen LogP contribution < -0.4 is 33.2 Å². The average Bonchev–Trinajstić information content (AvgIpc) is 3.41. The minimum atomic E-state index is -1.28. The number of nitrogens with two attached hydrogens (primary N) is 3. The number of amides is 4. The first-order valence-electron chi connectivity index (χ1n) is 14.7. The van der Waals surface area contributed by atoms with Crippen LogP contribution in [-0.4, -0.2) is 75.5 Å². The molecule has 4 unspecified atom stereocenters. The SMILES string of the molecule is NCCCCC(NC(=O)C(Cc1ccc(O)cc1)NC(=O)C(CCC(N)=O)NC(=O)C(N)Cc1c[nH]c2ccccc12)C(=O)O. The van der Waals surface area contributed by atoms with Crippen molar-refractivity contribution in [2.45, 2.75) is 69.1 Å². The number of fused-ring (bicyclic) bond motifs is 1. The predicted octanol–water partition coefficient (Wildman–Crippen LogP) is -0.0805. The molecule has 0 saturated heterocycles. The second-order valence-electron chi connectivity index (χ2n) is 10.9. The molecule has 1 aromatic heterocycles. The summed E-state index contributed by atoms with van der Waals surface area (Å²) in [7, 11) is 0. The third kappa shape index (κ3) is 10.6. The Bertz CT molecular complexity index is 1470. The molecule has 4 atom stereocenters. The van der Waals surface area contributed by atoms with Crippen molar-refractivity contribution in [2.75, 3.05) is 6.54 Å². The van der Waals surface area contributed by atoms with Crippen LogP contribution in [0.3, 0.4) is 0 Å². The van der Waals surface area contributed by atoms with Gasteiger partial charge in [-0.1, -0.05) is 30.3 Å². The van der Waals surface area contributed by atoms with Gasteiger partial charge in [-0.25, -0.2) is 4.79 Å². The van der Waals surface area contributed by atoms with Gasteiger partial charge in [0.1, 0.15) is 23.9 Å². The lowest BCUT2D eigenvalue weighted by Gasteiger charge is -2.25. The van der Waals surface area contributed by atoms with Crippen LogP contribution >= 0.6 is 0 Å². The zero-order valence-electron chi connectivity index (χ0n) is 24.8. The van der Waals surface area contributed by atoms with Gasteiger partial charge in [0.15, 0.2) is 0 Å². The van der Waals surface area contributed by atoms with Crippen LogP contribution in [0.15, 0.2) is 54.7 Å². The number of unbranched alkanes of at least 4 members (excludes halogenated alkanes) is 1. The van der Waals surface area contributed by atoms with E-state index in [1.807, 2.05) is 24.3 Å². The Morgan fingerprint density at radius 1 is 0.800 bits per heavy atom. The van der Waals surface area contributed by atoms with Crippen LogP contribution in [-0.2, 0) is 36.8 Å². The standard InChI is InChI=1S/C31H41N7O7/c32-14-4-3-7-25(31(44)45)37-30(43)26(15-18-8-10-20(39)11-9-18)38-29(42)24(12-13-27(34)40)36-28(41)22(33)16-19-17-35-23-6-2-1-5-21(19)23/h1-2,5-6,8-11,17,22,24-26,35,39H,3-4,7,12-16,32-33H2,(H2,34,40)(H,36,41)(H,37,43)(H,38,42)(H,44,45). The van der Waals surface area contributed by atoms with E-state index in [0.29, 0.717) is 24.9 Å². The number of hydrogen-bond acceptors (Lipinski definition) is 8. The molecule has 1 heterocycles. The van der Waals surface area contributed by atoms with Gasteiger partial charge in [-0.3, -0.25) is 19.2 Å². The molecule has 0 aliphatic rings. The maximum atomic E-state index is 13.5. The maximum Gasteiger partial charge on any atom is 0.326 e. The van der Waals surface area contributed by atoms with Gasteiger partial charge in [-0.2, -0.15) is 0 Å². The Labute approximate surface area is 260 Å². The highest BCUT2D eigenvalue weighted by atomic mass is 16.4. The molecule has 0 bridgehead atoms. The first kappa shape index (κ1) is 34.5. The molecular weight excluding hydrogens is 582 g/mol. The summed E-state index contributed by atoms with van der Waals surface area (Å²) in [5, 5.41) is 27.8. The molecule has 14 nitrogen and oxygen atoms in total. The number of H-pyrrole nitrogens is 1. The van der Waals surface area contributed by atoms with Gasteiger partial charge in [-0.15, -0.1) is 0 Å². The number of benzene rings is 2. The Morgan fingerprint density at radius 3 is 2.11 bits per heavy atom. The maximum absolute atomic E-state index is 13.5. The molecular formula is C31H41N7O7. The highest BCUT2D eigenvalue weighted by Crippen LogP contribution is 2.19. The molecule has 45 heavy (non-hydrogen) atoms. The monoisotopic (exact) mass is 623 g/mol. The number of hydrogen-bond donors (Lipinski definition) is 9. The summed E-state index contributed by atoms with van der Waals surface area (Å²) in [6.07, 6.45) is 2.59. The van der Waals surface area contributed by atoms with Crippen molar-refractivity contribution in [1.29, 1.82) is 0 Å². The number of para-hydroxylation sites is 1. The third-order valence-electron chi connectivity index (χ3n) is 7.33. The van der Waals surface area contributed by atoms with E-state index in [9.17, 15) is 34.2 Å². The van der Waals surface area contributed by atoms with E-state index >= 15 is 0 Å². The average molecular weight is 624 g/mol. The number of carboxylic acid groups (broad SMARTS) is 1. The quantitative estimate of drug-likeness (QED) is 0.0857. The van der Waals surface area contributed by atoms with Crippen LogP contribution in [0.4, 0.5) is 0 Å². The molecule has 14 heteroatoms. The number of aromatic amines is 1. The lowest BCUT2D eigenvalue weighted by Crippen LogP contribution is -2.57. The van der Waals surface area contributed by atoms with E-state index < -0.39 is 53.8 Å². The van der Waals surface area contributed by atoms with Crippen molar-refractivity contribution < 1.29 is 34.2 Å². The molecule has 0 fully saturated rings. The minimum Gasteiger partial charge on any atom is -0.508 e. The highest BCUT2D eigenvalue weighted by molar-refractivity contribution is 5.95. The van der Waals surface area contributed by atoms with Gasteiger partial charge < -0.3 is 48.3 Å². The number of aromatic nitrogens is 1. The van der Waals surface area contributed by atoms with E-state index in [0.717, 1.165) is 16.5 Å². The van der Waals surface area contributed by atoms with E-state index in [1.54, 1.807) is 18.3 Å². The lowest BCUT2D eigenvalue weighted by atomic mass is 10.0. The van der Waals surface area contributed by atoms with Gasteiger partial charge in [0.25, 0.3) is 0 Å². The van der Waals surface area contributed by atoms with Crippen LogP contribution in [0.2, 0.25) is 0 Å². The summed E-state index contributed by atoms with van der Waals surface area (Å²) in [6, 6.07) is 8.59. The number of rotatable bonds is 18. The number of carboxylic acids is 1. The minimum absolute atomic E-state index is 0.00663. The van der Waals surface area contributed by atoms with Crippen molar-refractivity contribution in [2.24, 2.45) is 17.2 Å². The lowest BCUT2D eigenvalue weighted by molar-refractivity contribution is -0.142. The molecule has 0 radical (unpaired) electrons. The van der Waals surface area contributed by atoms with Crippen molar-refractivity contribution in [1.82, 2.24) is 20.9 Å². The summed E-state index contributed by atoms with van der Waals surface area (Å²) < 4.78 is 0. The van der Waals surface area contributed by atoms with Crippen LogP contribution in [0.1, 0.15) is 43.2 Å². The van der Waals surface area contributed by atoms with E-state index in [2.05, 4.69) is 20.9 Å². The largest absolute Gasteiger partial charge is 0.508 e. The number of carbonyl (C=O) groups excluding carboxylic acids is 4. The molecule has 3 rings (SSSR count). The molecule has 0 spiro atoms. The van der Waals surface area contributed by atoms with Gasteiger partial charge >= 0.3 is 5.97 Å². The number of carbonyl (C=O) groups is 5. The summed E-state index contributed by atoms with van der Waals surface area (Å²) >= 11 is 0. The number of nitrogens with one attached hydrogen (secondary N) is 4. The van der Waals surface area contributed by atoms with Crippen LogP contribution in [0.5, 0.6) is 5.75 Å². The predicted molar refractivity (Wildman–Crippen MR) is 167 cm³/mol. The van der Waals surface area contributed by atoms with Gasteiger partial charge in [-0.05, 0) is 68.0 Å². The summed E-state index contributed by atoms with van der Waals surface area (Å²) in [6.45, 7) is 0.365. The molecule has 0 aliphatic heterocycles. The normalized spacial score (nSPS) is 13.7. The molecule has 12 N–H and O–H groups in total. The van der Waals surface area contributed by atoms with Crippen molar-refractivity contribution in [3.05, 3.63) is 65.9 Å². The molecule has 3 aromatic rings. The van der Waals surface area contributed by atoms with Crippen LogP contribution in [0.25, 0.3) is 10.9 Å². The number of primary amides is 1. The Hall–Kier alpha value is -4.95. The first-order chi connectivity index (χ1) is 21.5. The fourth-order valence-corrected chi connectivity index (χ4v) is 4.84. The smallest absolute Gasteiger partial charge is 0.326 e. The van der Waals surface area contributed by atoms with Gasteiger partial charge in [0, 0.05) is 29.9 Å². The zero-order valence-corrected chi connectivity index (χ0v) is 24.8. The molecule has 0 aliphatic carbocycles. The van der Waals surface area contributed by atoms with E-state index in [1.165, 1.54) is 12.1 Å². The Balaban J connectivity index is 1.77. The van der Waals surface area contributed by atoms with Gasteiger partial charge in [0.05, 0.1) is 6.04 Å². The summed E-state index contributed by atoms with van der Waals surface area (Å²) in [5.41, 5.74) is 19.3. The number of aromatic hydroxyl groups is 1. The van der Waals surface area contributed by atoms with Crippen LogP contribution in [0, 0.1) is 0 Å². The number of phenolic OH excluding ortho intramolecular Hbond substituents is 1. The second-order valence-corrected chi connectivity index (χ2v) is 10.9. The molecule has 242 valence electrons. The van der Waals surface area contributed by atoms with E-state index in [-0.39, 0.29) is 37.9 Å². The number of phenols is 1. The fraction of sp³-hybridized carbons (Fsp3) is 0.387. The van der Waals surface area contributed by atoms with Gasteiger partial charge in [0.2, 0.25) is 23.6 Å². The fourth-order valence-electron chi connectivity index (χ4n) is 4.84. The van der Waals surface area contributed by atoms with Crippen molar-refractivity contribution in [3.63, 3.8) is 0 Å². The summed E-state index contributed by atoms with van der Waals surface area (Å²) in [4.78, 5) is 66.5. The summed E-state index contributed by atoms with van der Waals surface area (Å²) in [5.74, 6) is -4.18. The first-order valence-corrected chi connectivity index (χ1v) is 14.7. The third-order valence-corrected chi connectivity index (χ3v) is 7.33. The second kappa shape index (κ2) is 16.8. The molecule has 4 amide bonds. The van der Waals surface area contributed by atoms with Crippen molar-refractivity contribution in [3.8, 4) is 5.75 Å². The van der Waals surface area contributed by atoms with Crippen molar-refractivity contribution >= 4 is 40.5 Å². The van der Waals surface area contributed by atoms with E-state index in [4.69, 9.17) is 17.2 Å². The topological polar surface area (TPSA) is 256 Å². The Morgan fingerprint density at radius 2 is 1.44 bits per heavy atom. The zero-order chi connectivity index (χ0) is 32.9. The highest BCUT2D eigenvalue weighted by Gasteiger charge is 2.31. The molecule has 0 saturated carbocycles. The Kier molecular flexibility index (Phi) is 12.9. The number of aliphatic carboxylic acids is 1.